The maximum absolute atomic E-state index is 14.1. The molecule has 1 spiro atoms. The Morgan fingerprint density at radius 3 is 2.79 bits per heavy atom. The second-order valence-electron chi connectivity index (χ2n) is 9.89. The van der Waals surface area contributed by atoms with Crippen LogP contribution in [0.4, 0.5) is 10.4 Å². The average molecular weight is 474 g/mol. The zero-order chi connectivity index (χ0) is 23.0. The van der Waals surface area contributed by atoms with Crippen molar-refractivity contribution in [2.75, 3.05) is 64.1 Å². The van der Waals surface area contributed by atoms with Crippen LogP contribution < -0.4 is 9.64 Å². The van der Waals surface area contributed by atoms with Crippen LogP contribution in [0.2, 0.25) is 0 Å². The van der Waals surface area contributed by atoms with E-state index in [1.54, 1.807) is 24.6 Å². The molecule has 5 heterocycles. The van der Waals surface area contributed by atoms with Gasteiger partial charge in [0.05, 0.1) is 45.7 Å². The number of likely N-dealkylation sites (tertiary alicyclic amines) is 1. The number of anilines is 1. The van der Waals surface area contributed by atoms with Crippen LogP contribution >= 0.6 is 0 Å². The summed E-state index contributed by atoms with van der Waals surface area (Å²) >= 11 is 0. The van der Waals surface area contributed by atoms with Crippen LogP contribution in [0.5, 0.6) is 5.75 Å². The minimum absolute atomic E-state index is 0.0748. The second-order valence-corrected chi connectivity index (χ2v) is 9.89. The Bertz CT molecular complexity index is 953. The molecule has 4 aliphatic rings. The van der Waals surface area contributed by atoms with Gasteiger partial charge in [0.15, 0.2) is 0 Å². The van der Waals surface area contributed by atoms with Crippen LogP contribution in [0.25, 0.3) is 0 Å². The summed E-state index contributed by atoms with van der Waals surface area (Å²) in [4.78, 5) is 8.91. The van der Waals surface area contributed by atoms with Gasteiger partial charge in [0.25, 0.3) is 6.01 Å². The van der Waals surface area contributed by atoms with Gasteiger partial charge in [-0.15, -0.1) is 0 Å². The van der Waals surface area contributed by atoms with Crippen molar-refractivity contribution < 1.29 is 27.8 Å². The van der Waals surface area contributed by atoms with Gasteiger partial charge in [0.1, 0.15) is 36.1 Å². The van der Waals surface area contributed by atoms with Crippen LogP contribution in [0.3, 0.4) is 0 Å². The molecule has 4 saturated heterocycles. The van der Waals surface area contributed by atoms with Gasteiger partial charge in [0.2, 0.25) is 0 Å². The normalized spacial score (nSPS) is 27.7. The summed E-state index contributed by atoms with van der Waals surface area (Å²) < 4.78 is 43.0. The van der Waals surface area contributed by atoms with E-state index < -0.39 is 0 Å². The maximum atomic E-state index is 14.1. The highest BCUT2D eigenvalue weighted by molar-refractivity contribution is 5.38. The van der Waals surface area contributed by atoms with E-state index in [1.807, 2.05) is 0 Å². The van der Waals surface area contributed by atoms with Gasteiger partial charge < -0.3 is 28.3 Å². The molecular formula is C25H32FN3O5. The van der Waals surface area contributed by atoms with Gasteiger partial charge in [-0.1, -0.05) is 0 Å². The Hall–Kier alpha value is -2.20. The van der Waals surface area contributed by atoms with Gasteiger partial charge in [-0.2, -0.15) is 0 Å². The molecule has 184 valence electrons. The quantitative estimate of drug-likeness (QED) is 0.635. The number of aromatic nitrogens is 1. The summed E-state index contributed by atoms with van der Waals surface area (Å²) in [5, 5.41) is 0. The highest BCUT2D eigenvalue weighted by atomic mass is 19.1. The van der Waals surface area contributed by atoms with E-state index in [0.29, 0.717) is 38.5 Å². The second kappa shape index (κ2) is 9.45. The number of hydrogen-bond donors (Lipinski definition) is 0. The van der Waals surface area contributed by atoms with E-state index >= 15 is 0 Å². The first kappa shape index (κ1) is 22.3. The molecule has 0 unspecified atom stereocenters. The topological polar surface area (TPSA) is 69.4 Å². The predicted octanol–water partition coefficient (Wildman–Crippen LogP) is 2.84. The summed E-state index contributed by atoms with van der Waals surface area (Å²) in [6.07, 6.45) is 6.21. The van der Waals surface area contributed by atoms with Crippen LogP contribution in [0.15, 0.2) is 35.1 Å². The molecule has 4 fully saturated rings. The van der Waals surface area contributed by atoms with Gasteiger partial charge >= 0.3 is 0 Å². The van der Waals surface area contributed by atoms with Crippen molar-refractivity contribution in [1.29, 1.82) is 0 Å². The Kier molecular flexibility index (Phi) is 6.19. The summed E-state index contributed by atoms with van der Waals surface area (Å²) in [7, 11) is 0. The van der Waals surface area contributed by atoms with Crippen molar-refractivity contribution in [2.45, 2.75) is 42.9 Å². The molecule has 2 aromatic rings. The van der Waals surface area contributed by atoms with Crippen molar-refractivity contribution in [3.63, 3.8) is 0 Å². The largest absolute Gasteiger partial charge is 0.490 e. The Morgan fingerprint density at radius 1 is 1.15 bits per heavy atom. The van der Waals surface area contributed by atoms with E-state index in [-0.39, 0.29) is 23.4 Å². The number of hydrogen-bond acceptors (Lipinski definition) is 8. The molecule has 0 amide bonds. The smallest absolute Gasteiger partial charge is 0.297 e. The van der Waals surface area contributed by atoms with E-state index in [2.05, 4.69) is 14.8 Å². The maximum Gasteiger partial charge on any atom is 0.297 e. The van der Waals surface area contributed by atoms with Crippen molar-refractivity contribution in [1.82, 2.24) is 9.88 Å². The van der Waals surface area contributed by atoms with E-state index in [0.717, 1.165) is 63.4 Å². The molecule has 6 rings (SSSR count). The molecule has 8 nitrogen and oxygen atoms in total. The SMILES string of the molecule is Fc1ccc(OC[C@H]2COCCO2)c(C2CCN([C@@H]3COC4(C3)CN(c3ncco3)C4)CC2)c1. The van der Waals surface area contributed by atoms with Crippen LogP contribution in [-0.4, -0.2) is 86.8 Å². The zero-order valence-electron chi connectivity index (χ0n) is 19.4. The number of rotatable bonds is 6. The fraction of sp³-hybridized carbons (Fsp3) is 0.640. The predicted molar refractivity (Wildman–Crippen MR) is 122 cm³/mol. The van der Waals surface area contributed by atoms with Gasteiger partial charge in [-0.05, 0) is 56.5 Å². The Morgan fingerprint density at radius 2 is 2.03 bits per heavy atom. The highest BCUT2D eigenvalue weighted by Crippen LogP contribution is 2.41. The molecular weight excluding hydrogens is 441 g/mol. The molecule has 34 heavy (non-hydrogen) atoms. The molecule has 0 radical (unpaired) electrons. The molecule has 9 heteroatoms. The van der Waals surface area contributed by atoms with Crippen LogP contribution in [0.1, 0.15) is 30.7 Å². The lowest BCUT2D eigenvalue weighted by Crippen LogP contribution is -2.62. The van der Waals surface area contributed by atoms with Gasteiger partial charge in [0, 0.05) is 11.6 Å². The molecule has 4 aliphatic heterocycles. The first-order chi connectivity index (χ1) is 16.7. The van der Waals surface area contributed by atoms with Gasteiger partial charge in [-0.25, -0.2) is 9.37 Å². The summed E-state index contributed by atoms with van der Waals surface area (Å²) in [6, 6.07) is 5.98. The van der Waals surface area contributed by atoms with Crippen LogP contribution in [0, 0.1) is 5.82 Å². The molecule has 0 N–H and O–H groups in total. The molecule has 2 atom stereocenters. The van der Waals surface area contributed by atoms with Crippen molar-refractivity contribution in [3.8, 4) is 5.75 Å². The fourth-order valence-electron chi connectivity index (χ4n) is 5.79. The number of halogens is 1. The Labute approximate surface area is 198 Å². The minimum Gasteiger partial charge on any atom is -0.490 e. The number of ether oxygens (including phenoxy) is 4. The third-order valence-corrected chi connectivity index (χ3v) is 7.60. The first-order valence-electron chi connectivity index (χ1n) is 12.3. The fourth-order valence-corrected chi connectivity index (χ4v) is 5.79. The number of benzene rings is 1. The first-order valence-corrected chi connectivity index (χ1v) is 12.3. The van der Waals surface area contributed by atoms with E-state index in [9.17, 15) is 4.39 Å². The molecule has 0 aliphatic carbocycles. The van der Waals surface area contributed by atoms with E-state index in [1.165, 1.54) is 6.07 Å². The highest BCUT2D eigenvalue weighted by Gasteiger charge is 2.52. The third-order valence-electron chi connectivity index (χ3n) is 7.60. The molecule has 0 saturated carbocycles. The zero-order valence-corrected chi connectivity index (χ0v) is 19.4. The lowest BCUT2D eigenvalue weighted by atomic mass is 9.86. The summed E-state index contributed by atoms with van der Waals surface area (Å²) in [6.45, 7) is 6.57. The van der Waals surface area contributed by atoms with E-state index in [4.69, 9.17) is 23.4 Å². The summed E-state index contributed by atoms with van der Waals surface area (Å²) in [5.41, 5.74) is 0.890. The van der Waals surface area contributed by atoms with Crippen LogP contribution in [-0.2, 0) is 14.2 Å². The Balaban J connectivity index is 1.03. The van der Waals surface area contributed by atoms with Crippen molar-refractivity contribution in [3.05, 3.63) is 42.0 Å². The molecule has 1 aromatic heterocycles. The number of nitrogens with zero attached hydrogens (tertiary/aromatic N) is 3. The molecule has 0 bridgehead atoms. The minimum atomic E-state index is -0.214. The van der Waals surface area contributed by atoms with Crippen molar-refractivity contribution >= 4 is 6.01 Å². The lowest BCUT2D eigenvalue weighted by molar-refractivity contribution is -0.101. The average Bonchev–Trinajstić information content (AvgIpc) is 3.54. The number of piperidine rings is 1. The number of oxazole rings is 1. The van der Waals surface area contributed by atoms with Gasteiger partial charge in [-0.3, -0.25) is 4.90 Å². The lowest BCUT2D eigenvalue weighted by Gasteiger charge is -2.46. The monoisotopic (exact) mass is 473 g/mol. The summed E-state index contributed by atoms with van der Waals surface area (Å²) in [5.74, 6) is 0.831. The molecule has 1 aromatic carbocycles. The standard InChI is InChI=1S/C25H32FN3O5/c26-19-1-2-23(33-15-21-14-30-9-10-31-21)22(11-19)18-3-6-28(7-4-18)20-12-25(34-13-20)16-29(17-25)24-27-5-8-32-24/h1-2,5,8,11,18,20-21H,3-4,6-7,9-10,12-17H2/t20-,21+/m0/s1. The van der Waals surface area contributed by atoms with Crippen molar-refractivity contribution in [2.24, 2.45) is 0 Å². The third kappa shape index (κ3) is 4.54.